The SMILES string of the molecule is CCOc1c(OCC)c(CBr)c2ccccc2c1CBr. The van der Waals surface area contributed by atoms with Crippen LogP contribution in [0.2, 0.25) is 0 Å². The Labute approximate surface area is 136 Å². The number of ether oxygens (including phenoxy) is 2. The van der Waals surface area contributed by atoms with E-state index in [4.69, 9.17) is 9.47 Å². The Morgan fingerprint density at radius 1 is 0.800 bits per heavy atom. The van der Waals surface area contributed by atoms with Gasteiger partial charge in [0.05, 0.1) is 13.2 Å². The van der Waals surface area contributed by atoms with E-state index < -0.39 is 0 Å². The zero-order chi connectivity index (χ0) is 14.5. The van der Waals surface area contributed by atoms with E-state index in [-0.39, 0.29) is 0 Å². The minimum atomic E-state index is 0.625. The molecule has 2 aromatic rings. The van der Waals surface area contributed by atoms with E-state index in [0.29, 0.717) is 13.2 Å². The fourth-order valence-electron chi connectivity index (χ4n) is 2.39. The summed E-state index contributed by atoms with van der Waals surface area (Å²) in [6.45, 7) is 5.24. The molecule has 108 valence electrons. The van der Waals surface area contributed by atoms with E-state index >= 15 is 0 Å². The van der Waals surface area contributed by atoms with Crippen LogP contribution in [0.25, 0.3) is 10.8 Å². The Morgan fingerprint density at radius 3 is 1.50 bits per heavy atom. The summed E-state index contributed by atoms with van der Waals surface area (Å²) in [4.78, 5) is 0. The van der Waals surface area contributed by atoms with Crippen LogP contribution in [-0.4, -0.2) is 13.2 Å². The predicted octanol–water partition coefficient (Wildman–Crippen LogP) is 5.43. The topological polar surface area (TPSA) is 18.5 Å². The molecule has 2 rings (SSSR count). The molecular formula is C16H18Br2O2. The van der Waals surface area contributed by atoms with Gasteiger partial charge in [0.15, 0.2) is 11.5 Å². The van der Waals surface area contributed by atoms with Gasteiger partial charge < -0.3 is 9.47 Å². The summed E-state index contributed by atoms with van der Waals surface area (Å²) in [5, 5.41) is 3.91. The molecule has 0 fully saturated rings. The highest BCUT2D eigenvalue weighted by molar-refractivity contribution is 9.08. The van der Waals surface area contributed by atoms with Gasteiger partial charge in [-0.05, 0) is 24.6 Å². The molecule has 20 heavy (non-hydrogen) atoms. The monoisotopic (exact) mass is 400 g/mol. The number of fused-ring (bicyclic) bond motifs is 1. The maximum atomic E-state index is 5.89. The first-order chi connectivity index (χ1) is 9.78. The maximum absolute atomic E-state index is 5.89. The second-order valence-electron chi connectivity index (χ2n) is 4.29. The van der Waals surface area contributed by atoms with Crippen molar-refractivity contribution in [3.63, 3.8) is 0 Å². The summed E-state index contributed by atoms with van der Waals surface area (Å²) in [5.41, 5.74) is 2.30. The minimum absolute atomic E-state index is 0.625. The molecule has 0 saturated carbocycles. The molecule has 0 saturated heterocycles. The van der Waals surface area contributed by atoms with Crippen LogP contribution in [-0.2, 0) is 10.7 Å². The average Bonchev–Trinajstić information content (AvgIpc) is 2.48. The summed E-state index contributed by atoms with van der Waals surface area (Å²) in [5.74, 6) is 1.72. The Bertz CT molecular complexity index is 544. The quantitative estimate of drug-likeness (QED) is 0.601. The van der Waals surface area contributed by atoms with Gasteiger partial charge in [0.2, 0.25) is 0 Å². The van der Waals surface area contributed by atoms with Gasteiger partial charge in [0.25, 0.3) is 0 Å². The van der Waals surface area contributed by atoms with Crippen LogP contribution < -0.4 is 9.47 Å². The van der Waals surface area contributed by atoms with E-state index in [0.717, 1.165) is 33.3 Å². The fourth-order valence-corrected chi connectivity index (χ4v) is 3.50. The Morgan fingerprint density at radius 2 is 1.20 bits per heavy atom. The molecule has 0 atom stereocenters. The van der Waals surface area contributed by atoms with Gasteiger partial charge in [-0.25, -0.2) is 0 Å². The number of rotatable bonds is 6. The molecule has 0 unspecified atom stereocenters. The zero-order valence-corrected chi connectivity index (χ0v) is 14.9. The van der Waals surface area contributed by atoms with Crippen molar-refractivity contribution in [2.45, 2.75) is 24.5 Å². The molecule has 4 heteroatoms. The maximum Gasteiger partial charge on any atom is 0.166 e. The predicted molar refractivity (Wildman–Crippen MR) is 91.5 cm³/mol. The molecule has 2 aromatic carbocycles. The smallest absolute Gasteiger partial charge is 0.166 e. The van der Waals surface area contributed by atoms with Gasteiger partial charge in [-0.1, -0.05) is 56.1 Å². The van der Waals surface area contributed by atoms with Gasteiger partial charge in [0.1, 0.15) is 0 Å². The van der Waals surface area contributed by atoms with E-state index in [1.54, 1.807) is 0 Å². The largest absolute Gasteiger partial charge is 0.490 e. The van der Waals surface area contributed by atoms with Crippen LogP contribution in [0, 0.1) is 0 Å². The first-order valence-corrected chi connectivity index (χ1v) is 8.96. The molecule has 0 aliphatic rings. The lowest BCUT2D eigenvalue weighted by atomic mass is 9.99. The van der Waals surface area contributed by atoms with Crippen LogP contribution >= 0.6 is 31.9 Å². The molecule has 0 radical (unpaired) electrons. The molecule has 0 heterocycles. The summed E-state index contributed by atoms with van der Waals surface area (Å²) >= 11 is 7.17. The Kier molecular flexibility index (Phi) is 5.73. The third-order valence-electron chi connectivity index (χ3n) is 3.18. The van der Waals surface area contributed by atoms with Gasteiger partial charge >= 0.3 is 0 Å². The lowest BCUT2D eigenvalue weighted by Crippen LogP contribution is -2.05. The van der Waals surface area contributed by atoms with Crippen LogP contribution in [0.15, 0.2) is 24.3 Å². The summed E-state index contributed by atoms with van der Waals surface area (Å²) < 4.78 is 11.8. The molecule has 0 amide bonds. The lowest BCUT2D eigenvalue weighted by molar-refractivity contribution is 0.285. The second-order valence-corrected chi connectivity index (χ2v) is 5.42. The van der Waals surface area contributed by atoms with Crippen molar-refractivity contribution in [3.8, 4) is 11.5 Å². The molecular weight excluding hydrogens is 384 g/mol. The first kappa shape index (κ1) is 15.6. The Hall–Kier alpha value is -0.740. The zero-order valence-electron chi connectivity index (χ0n) is 11.7. The van der Waals surface area contributed by atoms with Crippen molar-refractivity contribution >= 4 is 42.6 Å². The van der Waals surface area contributed by atoms with Crippen molar-refractivity contribution in [3.05, 3.63) is 35.4 Å². The molecule has 0 aromatic heterocycles. The van der Waals surface area contributed by atoms with Crippen LogP contribution in [0.4, 0.5) is 0 Å². The number of halogens is 2. The fraction of sp³-hybridized carbons (Fsp3) is 0.375. The van der Waals surface area contributed by atoms with Crippen molar-refractivity contribution < 1.29 is 9.47 Å². The van der Waals surface area contributed by atoms with E-state index in [1.165, 1.54) is 10.8 Å². The summed E-state index contributed by atoms with van der Waals surface area (Å²) in [6.07, 6.45) is 0. The summed E-state index contributed by atoms with van der Waals surface area (Å²) in [7, 11) is 0. The average molecular weight is 402 g/mol. The van der Waals surface area contributed by atoms with Gasteiger partial charge in [0, 0.05) is 21.8 Å². The number of benzene rings is 2. The third kappa shape index (κ3) is 2.82. The van der Waals surface area contributed by atoms with Gasteiger partial charge in [-0.3, -0.25) is 0 Å². The van der Waals surface area contributed by atoms with Crippen molar-refractivity contribution in [2.75, 3.05) is 13.2 Å². The molecule has 0 N–H and O–H groups in total. The van der Waals surface area contributed by atoms with E-state index in [9.17, 15) is 0 Å². The highest BCUT2D eigenvalue weighted by Crippen LogP contribution is 2.43. The van der Waals surface area contributed by atoms with Gasteiger partial charge in [-0.15, -0.1) is 0 Å². The number of hydrogen-bond donors (Lipinski definition) is 0. The molecule has 0 aliphatic heterocycles. The van der Waals surface area contributed by atoms with Crippen LogP contribution in [0.3, 0.4) is 0 Å². The van der Waals surface area contributed by atoms with Crippen LogP contribution in [0.5, 0.6) is 11.5 Å². The summed E-state index contributed by atoms with van der Waals surface area (Å²) in [6, 6.07) is 8.39. The molecule has 0 aliphatic carbocycles. The third-order valence-corrected chi connectivity index (χ3v) is 4.30. The molecule has 0 bridgehead atoms. The minimum Gasteiger partial charge on any atom is -0.490 e. The van der Waals surface area contributed by atoms with Gasteiger partial charge in [-0.2, -0.15) is 0 Å². The highest BCUT2D eigenvalue weighted by Gasteiger charge is 2.20. The van der Waals surface area contributed by atoms with Crippen molar-refractivity contribution in [2.24, 2.45) is 0 Å². The standard InChI is InChI=1S/C16H18Br2O2/c1-3-19-15-13(9-17)11-7-5-6-8-12(11)14(10-18)16(15)20-4-2/h5-8H,3-4,9-10H2,1-2H3. The number of hydrogen-bond acceptors (Lipinski definition) is 2. The lowest BCUT2D eigenvalue weighted by Gasteiger charge is -2.20. The van der Waals surface area contributed by atoms with Crippen molar-refractivity contribution in [1.82, 2.24) is 0 Å². The second kappa shape index (κ2) is 7.32. The van der Waals surface area contributed by atoms with E-state index in [1.807, 2.05) is 13.8 Å². The van der Waals surface area contributed by atoms with E-state index in [2.05, 4.69) is 56.1 Å². The van der Waals surface area contributed by atoms with Crippen LogP contribution in [0.1, 0.15) is 25.0 Å². The molecule has 2 nitrogen and oxygen atoms in total. The first-order valence-electron chi connectivity index (χ1n) is 6.72. The number of alkyl halides is 2. The normalized spacial score (nSPS) is 10.8. The van der Waals surface area contributed by atoms with Crippen molar-refractivity contribution in [1.29, 1.82) is 0 Å². The Balaban J connectivity index is 2.85. The molecule has 0 spiro atoms. The highest BCUT2D eigenvalue weighted by atomic mass is 79.9.